The summed E-state index contributed by atoms with van der Waals surface area (Å²) in [5.74, 6) is -0.499. The highest BCUT2D eigenvalue weighted by atomic mass is 32.2. The van der Waals surface area contributed by atoms with Crippen molar-refractivity contribution in [1.29, 1.82) is 0 Å². The topological polar surface area (TPSA) is 84.0 Å². The Morgan fingerprint density at radius 3 is 2.67 bits per heavy atom. The van der Waals surface area contributed by atoms with Crippen molar-refractivity contribution in [3.8, 4) is 0 Å². The molecule has 7 nitrogen and oxygen atoms in total. The number of carbonyl (C=O) groups is 2. The van der Waals surface area contributed by atoms with Gasteiger partial charge in [-0.15, -0.1) is 0 Å². The fourth-order valence-electron chi connectivity index (χ4n) is 3.80. The van der Waals surface area contributed by atoms with Crippen LogP contribution in [0, 0.1) is 5.92 Å². The van der Waals surface area contributed by atoms with Crippen molar-refractivity contribution >= 4 is 21.7 Å². The van der Waals surface area contributed by atoms with Crippen LogP contribution in [-0.4, -0.2) is 74.4 Å². The minimum atomic E-state index is -3.07. The van der Waals surface area contributed by atoms with E-state index in [9.17, 15) is 18.0 Å². The highest BCUT2D eigenvalue weighted by Crippen LogP contribution is 2.27. The zero-order valence-corrected chi connectivity index (χ0v) is 16.4. The second-order valence-electron chi connectivity index (χ2n) is 7.24. The number of benzene rings is 1. The molecule has 0 aromatic heterocycles. The maximum Gasteiger partial charge on any atom is 0.228 e. The quantitative estimate of drug-likeness (QED) is 0.680. The third-order valence-corrected chi connectivity index (χ3v) is 7.00. The summed E-state index contributed by atoms with van der Waals surface area (Å²) in [6, 6.07) is 9.41. The standard InChI is InChI=1S/C19H26N2O5S/c1-26-9-8-20(12-15-5-3-2-4-6-15)19(23)16-11-18(22)21(13-16)17-7-10-27(24,25)14-17/h2-6,16-17H,7-14H2,1H3/t16-,17-/m1/s1. The number of ether oxygens (including phenoxy) is 1. The van der Waals surface area contributed by atoms with Crippen molar-refractivity contribution in [2.45, 2.75) is 25.4 Å². The molecule has 148 valence electrons. The van der Waals surface area contributed by atoms with Crippen LogP contribution in [-0.2, 0) is 30.7 Å². The predicted molar refractivity (Wildman–Crippen MR) is 101 cm³/mol. The summed E-state index contributed by atoms with van der Waals surface area (Å²) >= 11 is 0. The van der Waals surface area contributed by atoms with Crippen LogP contribution in [0.5, 0.6) is 0 Å². The van der Waals surface area contributed by atoms with E-state index in [0.717, 1.165) is 5.56 Å². The van der Waals surface area contributed by atoms with Gasteiger partial charge in [0.1, 0.15) is 0 Å². The van der Waals surface area contributed by atoms with Crippen molar-refractivity contribution < 1.29 is 22.7 Å². The maximum atomic E-state index is 13.1. The molecule has 0 aliphatic carbocycles. The van der Waals surface area contributed by atoms with Crippen LogP contribution >= 0.6 is 0 Å². The summed E-state index contributed by atoms with van der Waals surface area (Å²) in [5, 5.41) is 0. The Balaban J connectivity index is 1.67. The van der Waals surface area contributed by atoms with Crippen molar-refractivity contribution in [3.05, 3.63) is 35.9 Å². The smallest absolute Gasteiger partial charge is 0.228 e. The summed E-state index contributed by atoms with van der Waals surface area (Å²) in [5.41, 5.74) is 1.02. The Labute approximate surface area is 160 Å². The average Bonchev–Trinajstić information content (AvgIpc) is 3.20. The SMILES string of the molecule is COCCN(Cc1ccccc1)C(=O)[C@@H]1CC(=O)N([C@@H]2CCS(=O)(=O)C2)C1. The summed E-state index contributed by atoms with van der Waals surface area (Å²) < 4.78 is 28.6. The molecule has 1 aromatic rings. The fraction of sp³-hybridized carbons (Fsp3) is 0.579. The van der Waals surface area contributed by atoms with Crippen LogP contribution in [0.4, 0.5) is 0 Å². The molecule has 2 aliphatic heterocycles. The predicted octanol–water partition coefficient (Wildman–Crippen LogP) is 0.697. The van der Waals surface area contributed by atoms with Gasteiger partial charge in [0.15, 0.2) is 9.84 Å². The van der Waals surface area contributed by atoms with E-state index in [-0.39, 0.29) is 35.8 Å². The average molecular weight is 394 g/mol. The van der Waals surface area contributed by atoms with Gasteiger partial charge in [-0.05, 0) is 12.0 Å². The highest BCUT2D eigenvalue weighted by molar-refractivity contribution is 7.91. The molecule has 0 saturated carbocycles. The first-order valence-corrected chi connectivity index (χ1v) is 11.0. The molecule has 0 radical (unpaired) electrons. The van der Waals surface area contributed by atoms with Crippen LogP contribution in [0.3, 0.4) is 0 Å². The molecular weight excluding hydrogens is 368 g/mol. The summed E-state index contributed by atoms with van der Waals surface area (Å²) in [7, 11) is -1.48. The summed E-state index contributed by atoms with van der Waals surface area (Å²) in [6.45, 7) is 1.64. The van der Waals surface area contributed by atoms with Gasteiger partial charge in [0.25, 0.3) is 0 Å². The molecule has 8 heteroatoms. The molecule has 2 atom stereocenters. The number of likely N-dealkylation sites (tertiary alicyclic amines) is 1. The second-order valence-corrected chi connectivity index (χ2v) is 9.47. The zero-order valence-electron chi connectivity index (χ0n) is 15.5. The van der Waals surface area contributed by atoms with Gasteiger partial charge in [-0.25, -0.2) is 8.42 Å². The molecule has 2 saturated heterocycles. The van der Waals surface area contributed by atoms with Gasteiger partial charge in [0.2, 0.25) is 11.8 Å². The van der Waals surface area contributed by atoms with Crippen LogP contribution in [0.2, 0.25) is 0 Å². The summed E-state index contributed by atoms with van der Waals surface area (Å²) in [6.07, 6.45) is 0.611. The number of carbonyl (C=O) groups excluding carboxylic acids is 2. The van der Waals surface area contributed by atoms with Gasteiger partial charge < -0.3 is 14.5 Å². The van der Waals surface area contributed by atoms with Crippen LogP contribution in [0.25, 0.3) is 0 Å². The minimum absolute atomic E-state index is 0.0110. The number of sulfone groups is 1. The first-order chi connectivity index (χ1) is 12.9. The molecule has 1 aromatic carbocycles. The molecule has 3 rings (SSSR count). The first-order valence-electron chi connectivity index (χ1n) is 9.21. The number of nitrogens with zero attached hydrogens (tertiary/aromatic N) is 2. The molecule has 0 N–H and O–H groups in total. The molecule has 0 spiro atoms. The minimum Gasteiger partial charge on any atom is -0.383 e. The zero-order chi connectivity index (χ0) is 19.4. The third-order valence-electron chi connectivity index (χ3n) is 5.25. The molecule has 2 fully saturated rings. The van der Waals surface area contributed by atoms with Gasteiger partial charge in [-0.1, -0.05) is 30.3 Å². The monoisotopic (exact) mass is 394 g/mol. The van der Waals surface area contributed by atoms with Crippen molar-refractivity contribution in [2.24, 2.45) is 5.92 Å². The van der Waals surface area contributed by atoms with E-state index in [4.69, 9.17) is 4.74 Å². The molecular formula is C19H26N2O5S. The fourth-order valence-corrected chi connectivity index (χ4v) is 5.53. The number of hydrogen-bond donors (Lipinski definition) is 0. The van der Waals surface area contributed by atoms with E-state index >= 15 is 0 Å². The molecule has 2 heterocycles. The lowest BCUT2D eigenvalue weighted by Gasteiger charge is -2.27. The Kier molecular flexibility index (Phi) is 6.16. The Morgan fingerprint density at radius 1 is 1.30 bits per heavy atom. The van der Waals surface area contributed by atoms with Gasteiger partial charge >= 0.3 is 0 Å². The van der Waals surface area contributed by atoms with Gasteiger partial charge in [-0.2, -0.15) is 0 Å². The van der Waals surface area contributed by atoms with Gasteiger partial charge in [0, 0.05) is 39.2 Å². The van der Waals surface area contributed by atoms with Gasteiger partial charge in [-0.3, -0.25) is 9.59 Å². The number of amides is 2. The maximum absolute atomic E-state index is 13.1. The molecule has 27 heavy (non-hydrogen) atoms. The van der Waals surface area contributed by atoms with Crippen molar-refractivity contribution in [3.63, 3.8) is 0 Å². The van der Waals surface area contributed by atoms with Crippen LogP contribution < -0.4 is 0 Å². The summed E-state index contributed by atoms with van der Waals surface area (Å²) in [4.78, 5) is 28.8. The first kappa shape index (κ1) is 19.8. The molecule has 0 bridgehead atoms. The lowest BCUT2D eigenvalue weighted by Crippen LogP contribution is -2.41. The Morgan fingerprint density at radius 2 is 2.04 bits per heavy atom. The molecule has 0 unspecified atom stereocenters. The Hall–Kier alpha value is -1.93. The van der Waals surface area contributed by atoms with Crippen LogP contribution in [0.15, 0.2) is 30.3 Å². The molecule has 2 amide bonds. The lowest BCUT2D eigenvalue weighted by atomic mass is 10.1. The molecule has 2 aliphatic rings. The van der Waals surface area contributed by atoms with Crippen LogP contribution in [0.1, 0.15) is 18.4 Å². The van der Waals surface area contributed by atoms with E-state index in [1.807, 2.05) is 30.3 Å². The largest absolute Gasteiger partial charge is 0.383 e. The number of methoxy groups -OCH3 is 1. The van der Waals surface area contributed by atoms with Gasteiger partial charge in [0.05, 0.1) is 24.0 Å². The van der Waals surface area contributed by atoms with E-state index in [1.54, 1.807) is 16.9 Å². The second kappa shape index (κ2) is 8.39. The van der Waals surface area contributed by atoms with E-state index < -0.39 is 15.8 Å². The highest BCUT2D eigenvalue weighted by Gasteiger charge is 2.42. The van der Waals surface area contributed by atoms with Crippen molar-refractivity contribution in [1.82, 2.24) is 9.80 Å². The lowest BCUT2D eigenvalue weighted by molar-refractivity contribution is -0.137. The van der Waals surface area contributed by atoms with E-state index in [1.165, 1.54) is 0 Å². The van der Waals surface area contributed by atoms with Crippen molar-refractivity contribution in [2.75, 3.05) is 38.3 Å². The normalized spacial score (nSPS) is 24.3. The van der Waals surface area contributed by atoms with E-state index in [0.29, 0.717) is 32.7 Å². The third kappa shape index (κ3) is 4.87. The van der Waals surface area contributed by atoms with E-state index in [2.05, 4.69) is 0 Å². The number of hydrogen-bond acceptors (Lipinski definition) is 5. The number of rotatable bonds is 7. The Bertz CT molecular complexity index is 781.